The second-order valence-corrected chi connectivity index (χ2v) is 9.14. The van der Waals surface area contributed by atoms with Crippen molar-refractivity contribution >= 4 is 0 Å². The minimum Gasteiger partial charge on any atom is -0.387 e. The molecule has 1 heterocycles. The Kier molecular flexibility index (Phi) is 19.8. The number of ether oxygens (including phenoxy) is 5. The molecule has 1 fully saturated rings. The fraction of sp³-hybridized carbons (Fsp3) is 1.00. The normalized spacial score (nSPS) is 23.2. The molecule has 1 rings (SSSR count). The molecule has 0 aromatic carbocycles. The molecule has 0 bridgehead atoms. The maximum Gasteiger partial charge on any atom is 0.186 e. The fourth-order valence-corrected chi connectivity index (χ4v) is 4.26. The van der Waals surface area contributed by atoms with Crippen LogP contribution in [0.5, 0.6) is 0 Å². The average Bonchev–Trinajstić information content (AvgIpc) is 3.08. The van der Waals surface area contributed by atoms with Crippen molar-refractivity contribution in [3.63, 3.8) is 0 Å². The van der Waals surface area contributed by atoms with Crippen LogP contribution in [0.1, 0.15) is 103 Å². The summed E-state index contributed by atoms with van der Waals surface area (Å²) in [7, 11) is 3.23. The van der Waals surface area contributed by atoms with Crippen LogP contribution in [-0.2, 0) is 23.7 Å². The van der Waals surface area contributed by atoms with E-state index in [9.17, 15) is 5.11 Å². The zero-order chi connectivity index (χ0) is 23.3. The predicted octanol–water partition coefficient (Wildman–Crippen LogP) is 5.64. The Labute approximate surface area is 197 Å². The van der Waals surface area contributed by atoms with Gasteiger partial charge in [0.25, 0.3) is 0 Å². The lowest BCUT2D eigenvalue weighted by Gasteiger charge is -2.21. The van der Waals surface area contributed by atoms with Crippen LogP contribution in [0.25, 0.3) is 0 Å². The van der Waals surface area contributed by atoms with E-state index in [0.29, 0.717) is 26.4 Å². The number of hydrogen-bond acceptors (Lipinski definition) is 6. The molecule has 0 amide bonds. The van der Waals surface area contributed by atoms with Gasteiger partial charge in [-0.15, -0.1) is 0 Å². The first kappa shape index (κ1) is 29.8. The Morgan fingerprint density at radius 1 is 0.625 bits per heavy atom. The van der Waals surface area contributed by atoms with Crippen molar-refractivity contribution in [2.75, 3.05) is 40.6 Å². The van der Waals surface area contributed by atoms with Gasteiger partial charge in [-0.3, -0.25) is 0 Å². The Hall–Kier alpha value is -0.240. The Bertz CT molecular complexity index is 395. The van der Waals surface area contributed by atoms with Crippen molar-refractivity contribution < 1.29 is 28.8 Å². The number of hydrogen-bond donors (Lipinski definition) is 1. The van der Waals surface area contributed by atoms with E-state index in [2.05, 4.69) is 6.92 Å². The molecular weight excluding hydrogens is 408 g/mol. The predicted molar refractivity (Wildman–Crippen MR) is 129 cm³/mol. The van der Waals surface area contributed by atoms with Crippen LogP contribution in [0.4, 0.5) is 0 Å². The molecule has 6 heteroatoms. The minimum atomic E-state index is -0.752. The SMILES string of the molecule is CCCCCCCCCCCCCCCCCO[C@@H]1O[C@H](COC)[C@@H](O)[C@H]1OCCOC. The van der Waals surface area contributed by atoms with E-state index in [4.69, 9.17) is 23.7 Å². The standard InChI is InChI=1S/C26H52O6/c1-4-5-6-7-8-9-10-11-12-13-14-15-16-17-18-19-31-26-25(30-21-20-28-2)24(27)23(32-26)22-29-3/h23-27H,4-22H2,1-3H3/t23-,24-,25-,26-/m1/s1. The van der Waals surface area contributed by atoms with Gasteiger partial charge in [-0.2, -0.15) is 0 Å². The summed E-state index contributed by atoms with van der Waals surface area (Å²) in [5.41, 5.74) is 0. The summed E-state index contributed by atoms with van der Waals surface area (Å²) in [6, 6.07) is 0. The van der Waals surface area contributed by atoms with Gasteiger partial charge in [0.15, 0.2) is 6.29 Å². The zero-order valence-electron chi connectivity index (χ0n) is 21.2. The molecule has 6 nitrogen and oxygen atoms in total. The summed E-state index contributed by atoms with van der Waals surface area (Å²) in [5.74, 6) is 0. The van der Waals surface area contributed by atoms with E-state index in [1.54, 1.807) is 14.2 Å². The quantitative estimate of drug-likeness (QED) is 0.199. The Morgan fingerprint density at radius 2 is 1.16 bits per heavy atom. The van der Waals surface area contributed by atoms with Crippen LogP contribution in [-0.4, -0.2) is 70.4 Å². The molecule has 32 heavy (non-hydrogen) atoms. The Balaban J connectivity index is 1.97. The van der Waals surface area contributed by atoms with Crippen LogP contribution in [0, 0.1) is 0 Å². The summed E-state index contributed by atoms with van der Waals surface area (Å²) >= 11 is 0. The summed E-state index contributed by atoms with van der Waals surface area (Å²) in [4.78, 5) is 0. The molecule has 1 aliphatic rings. The topological polar surface area (TPSA) is 66.4 Å². The molecule has 0 aromatic heterocycles. The third kappa shape index (κ3) is 14.1. The molecule has 0 unspecified atom stereocenters. The smallest absolute Gasteiger partial charge is 0.186 e. The molecule has 0 aromatic rings. The molecule has 1 aliphatic heterocycles. The lowest BCUT2D eigenvalue weighted by molar-refractivity contribution is -0.183. The molecule has 0 aliphatic carbocycles. The van der Waals surface area contributed by atoms with Crippen molar-refractivity contribution in [3.05, 3.63) is 0 Å². The molecule has 1 saturated heterocycles. The molecule has 0 radical (unpaired) electrons. The number of aliphatic hydroxyl groups is 1. The van der Waals surface area contributed by atoms with Gasteiger partial charge >= 0.3 is 0 Å². The summed E-state index contributed by atoms with van der Waals surface area (Å²) in [6.07, 6.45) is 17.9. The number of rotatable bonds is 23. The maximum atomic E-state index is 10.4. The highest BCUT2D eigenvalue weighted by Gasteiger charge is 2.45. The second-order valence-electron chi connectivity index (χ2n) is 9.14. The van der Waals surface area contributed by atoms with Crippen LogP contribution in [0.2, 0.25) is 0 Å². The first-order chi connectivity index (χ1) is 15.7. The van der Waals surface area contributed by atoms with E-state index >= 15 is 0 Å². The summed E-state index contributed by atoms with van der Waals surface area (Å²) in [5, 5.41) is 10.4. The maximum absolute atomic E-state index is 10.4. The Morgan fingerprint density at radius 3 is 1.66 bits per heavy atom. The highest BCUT2D eigenvalue weighted by Crippen LogP contribution is 2.25. The van der Waals surface area contributed by atoms with Gasteiger partial charge in [-0.1, -0.05) is 96.8 Å². The summed E-state index contributed by atoms with van der Waals surface area (Å²) in [6.45, 7) is 4.10. The van der Waals surface area contributed by atoms with E-state index < -0.39 is 24.6 Å². The van der Waals surface area contributed by atoms with Gasteiger partial charge in [0, 0.05) is 20.8 Å². The molecule has 0 spiro atoms. The highest BCUT2D eigenvalue weighted by molar-refractivity contribution is 4.88. The van der Waals surface area contributed by atoms with Gasteiger partial charge in [0.2, 0.25) is 0 Å². The van der Waals surface area contributed by atoms with Crippen LogP contribution in [0.15, 0.2) is 0 Å². The first-order valence-corrected chi connectivity index (χ1v) is 13.3. The monoisotopic (exact) mass is 460 g/mol. The van der Waals surface area contributed by atoms with Crippen LogP contribution in [0.3, 0.4) is 0 Å². The van der Waals surface area contributed by atoms with Gasteiger partial charge in [-0.25, -0.2) is 0 Å². The molecular formula is C26H52O6. The van der Waals surface area contributed by atoms with Crippen LogP contribution >= 0.6 is 0 Å². The molecule has 0 saturated carbocycles. The van der Waals surface area contributed by atoms with E-state index in [-0.39, 0.29) is 0 Å². The number of aliphatic hydroxyl groups excluding tert-OH is 1. The number of methoxy groups -OCH3 is 2. The van der Waals surface area contributed by atoms with E-state index in [1.165, 1.54) is 89.9 Å². The lowest BCUT2D eigenvalue weighted by atomic mass is 10.0. The van der Waals surface area contributed by atoms with Gasteiger partial charge in [0.1, 0.15) is 18.3 Å². The van der Waals surface area contributed by atoms with Crippen molar-refractivity contribution in [1.82, 2.24) is 0 Å². The van der Waals surface area contributed by atoms with Gasteiger partial charge in [-0.05, 0) is 6.42 Å². The second kappa shape index (κ2) is 21.3. The number of unbranched alkanes of at least 4 members (excludes halogenated alkanes) is 14. The van der Waals surface area contributed by atoms with E-state index in [0.717, 1.165) is 6.42 Å². The zero-order valence-corrected chi connectivity index (χ0v) is 21.2. The van der Waals surface area contributed by atoms with Crippen molar-refractivity contribution in [3.8, 4) is 0 Å². The van der Waals surface area contributed by atoms with E-state index in [1.807, 2.05) is 0 Å². The third-order valence-electron chi connectivity index (χ3n) is 6.25. The molecule has 4 atom stereocenters. The largest absolute Gasteiger partial charge is 0.387 e. The van der Waals surface area contributed by atoms with Crippen LogP contribution < -0.4 is 0 Å². The molecule has 1 N–H and O–H groups in total. The highest BCUT2D eigenvalue weighted by atomic mass is 16.7. The fourth-order valence-electron chi connectivity index (χ4n) is 4.26. The van der Waals surface area contributed by atoms with Crippen molar-refractivity contribution in [1.29, 1.82) is 0 Å². The third-order valence-corrected chi connectivity index (χ3v) is 6.25. The first-order valence-electron chi connectivity index (χ1n) is 13.3. The summed E-state index contributed by atoms with van der Waals surface area (Å²) < 4.78 is 27.6. The minimum absolute atomic E-state index is 0.324. The van der Waals surface area contributed by atoms with Gasteiger partial charge in [0.05, 0.1) is 19.8 Å². The average molecular weight is 461 g/mol. The molecule has 192 valence electrons. The van der Waals surface area contributed by atoms with Gasteiger partial charge < -0.3 is 28.8 Å². The van der Waals surface area contributed by atoms with Crippen molar-refractivity contribution in [2.24, 2.45) is 0 Å². The van der Waals surface area contributed by atoms with Crippen molar-refractivity contribution in [2.45, 2.75) is 128 Å². The lowest BCUT2D eigenvalue weighted by Crippen LogP contribution is -2.38.